The molecule has 5 fully saturated rings. The number of nitrogens with two attached hydrogens (primary N) is 1. The van der Waals surface area contributed by atoms with E-state index in [4.69, 9.17) is 17.3 Å². The number of amides is 2. The summed E-state index contributed by atoms with van der Waals surface area (Å²) in [5.74, 6) is 0.459. The molecule has 5 aliphatic rings. The van der Waals surface area contributed by atoms with Gasteiger partial charge in [0, 0.05) is 11.5 Å². The summed E-state index contributed by atoms with van der Waals surface area (Å²) >= 11 is 6.16. The molecule has 1 aromatic carbocycles. The predicted molar refractivity (Wildman–Crippen MR) is 116 cm³/mol. The van der Waals surface area contributed by atoms with E-state index in [0.29, 0.717) is 24.3 Å². The van der Waals surface area contributed by atoms with Crippen LogP contribution in [0.5, 0.6) is 0 Å². The Labute approximate surface area is 187 Å². The second-order valence-electron chi connectivity index (χ2n) is 10.2. The van der Waals surface area contributed by atoms with Gasteiger partial charge in [0.1, 0.15) is 10.4 Å². The van der Waals surface area contributed by atoms with Crippen LogP contribution in [0.2, 0.25) is 5.02 Å². The average Bonchev–Trinajstić information content (AvgIpc) is 3.43. The maximum Gasteiger partial charge on any atom is 0.243 e. The van der Waals surface area contributed by atoms with Crippen LogP contribution in [0.4, 0.5) is 0 Å². The fourth-order valence-electron chi connectivity index (χ4n) is 6.62. The first-order valence-corrected chi connectivity index (χ1v) is 12.8. The van der Waals surface area contributed by atoms with E-state index in [1.807, 2.05) is 0 Å². The number of rotatable bonds is 6. The molecule has 2 atom stereocenters. The van der Waals surface area contributed by atoms with Crippen LogP contribution >= 0.6 is 11.6 Å². The second kappa shape index (κ2) is 6.93. The Kier molecular flexibility index (Phi) is 4.74. The number of hydrogen-bond acceptors (Lipinski definition) is 4. The molecule has 0 saturated heterocycles. The van der Waals surface area contributed by atoms with Crippen LogP contribution in [0.15, 0.2) is 23.1 Å². The molecule has 9 heteroatoms. The Morgan fingerprint density at radius 2 is 1.77 bits per heavy atom. The van der Waals surface area contributed by atoms with Gasteiger partial charge in [-0.15, -0.1) is 0 Å². The van der Waals surface area contributed by atoms with Gasteiger partial charge in [-0.3, -0.25) is 9.59 Å². The van der Waals surface area contributed by atoms with Crippen molar-refractivity contribution in [1.29, 1.82) is 0 Å². The van der Waals surface area contributed by atoms with Crippen molar-refractivity contribution in [1.82, 2.24) is 10.0 Å². The third-order valence-electron chi connectivity index (χ3n) is 8.04. The van der Waals surface area contributed by atoms with Crippen LogP contribution in [-0.4, -0.2) is 31.8 Å². The molecule has 2 unspecified atom stereocenters. The minimum atomic E-state index is -3.95. The second-order valence-corrected chi connectivity index (χ2v) is 12.2. The first-order valence-electron chi connectivity index (χ1n) is 11.0. The zero-order chi connectivity index (χ0) is 22.2. The van der Waals surface area contributed by atoms with Crippen LogP contribution in [0.25, 0.3) is 0 Å². The van der Waals surface area contributed by atoms with Gasteiger partial charge >= 0.3 is 0 Å². The molecule has 5 saturated carbocycles. The molecule has 0 spiro atoms. The Morgan fingerprint density at radius 3 is 2.32 bits per heavy atom. The maximum atomic E-state index is 13.2. The summed E-state index contributed by atoms with van der Waals surface area (Å²) in [5.41, 5.74) is 4.75. The van der Waals surface area contributed by atoms with E-state index in [9.17, 15) is 18.0 Å². The minimum absolute atomic E-state index is 0.0220. The first kappa shape index (κ1) is 21.2. The lowest BCUT2D eigenvalue weighted by Gasteiger charge is -2.59. The van der Waals surface area contributed by atoms with Crippen molar-refractivity contribution < 1.29 is 18.0 Å². The number of primary amides is 1. The fourth-order valence-corrected chi connectivity index (χ4v) is 8.87. The predicted octanol–water partition coefficient (Wildman–Crippen LogP) is 2.26. The zero-order valence-electron chi connectivity index (χ0n) is 17.5. The minimum Gasteiger partial charge on any atom is -0.369 e. The summed E-state index contributed by atoms with van der Waals surface area (Å²) in [6.07, 6.45) is 5.21. The van der Waals surface area contributed by atoms with Gasteiger partial charge in [-0.1, -0.05) is 23.7 Å². The van der Waals surface area contributed by atoms with Crippen molar-refractivity contribution >= 4 is 33.4 Å². The summed E-state index contributed by atoms with van der Waals surface area (Å²) in [5, 5.41) is 3.31. The van der Waals surface area contributed by atoms with Crippen LogP contribution < -0.4 is 15.8 Å². The van der Waals surface area contributed by atoms with Crippen molar-refractivity contribution in [3.8, 4) is 0 Å². The van der Waals surface area contributed by atoms with Crippen LogP contribution in [0.3, 0.4) is 0 Å². The molecule has 0 aromatic heterocycles. The molecular formula is C22H28ClN3O4S. The van der Waals surface area contributed by atoms with Gasteiger partial charge in [-0.2, -0.15) is 4.72 Å². The summed E-state index contributed by atoms with van der Waals surface area (Å²) in [6.45, 7) is 1.68. The van der Waals surface area contributed by atoms with Crippen molar-refractivity contribution in [2.45, 2.75) is 68.3 Å². The lowest BCUT2D eigenvalue weighted by molar-refractivity contribution is -0.147. The zero-order valence-corrected chi connectivity index (χ0v) is 19.1. The highest BCUT2D eigenvalue weighted by Gasteiger charge is 2.60. The topological polar surface area (TPSA) is 118 Å². The lowest BCUT2D eigenvalue weighted by Crippen LogP contribution is -2.64. The molecule has 0 heterocycles. The highest BCUT2D eigenvalue weighted by Crippen LogP contribution is 2.60. The molecule has 2 amide bonds. The van der Waals surface area contributed by atoms with E-state index >= 15 is 0 Å². The van der Waals surface area contributed by atoms with Crippen molar-refractivity contribution in [3.63, 3.8) is 0 Å². The average molecular weight is 466 g/mol. The Bertz CT molecular complexity index is 1030. The van der Waals surface area contributed by atoms with E-state index in [1.165, 1.54) is 6.07 Å². The molecule has 4 N–H and O–H groups in total. The number of halogens is 1. The number of hydrogen-bond donors (Lipinski definition) is 3. The number of sulfonamides is 1. The standard InChI is InChI=1S/C22H28ClN3O4S/c1-12-3-2-4-16(23)18(12)31(29,30)26-22(5-6-22)20(28)25-17-14-7-13-8-15(17)11-21(9-13,10-14)19(24)27/h2-4,13-15,17,26H,5-11H2,1H3,(H2,24,27)(H,25,28). The molecule has 168 valence electrons. The summed E-state index contributed by atoms with van der Waals surface area (Å²) in [7, 11) is -3.95. The highest BCUT2D eigenvalue weighted by atomic mass is 35.5. The first-order chi connectivity index (χ1) is 14.6. The number of nitrogens with one attached hydrogen (secondary N) is 2. The summed E-state index contributed by atoms with van der Waals surface area (Å²) in [6, 6.07) is 4.89. The molecule has 1 aromatic rings. The van der Waals surface area contributed by atoms with Gasteiger partial charge < -0.3 is 11.1 Å². The summed E-state index contributed by atoms with van der Waals surface area (Å²) in [4.78, 5) is 25.4. The van der Waals surface area contributed by atoms with Crippen LogP contribution in [0.1, 0.15) is 50.5 Å². The number of carbonyl (C=O) groups is 2. The van der Waals surface area contributed by atoms with Crippen LogP contribution in [0, 0.1) is 30.1 Å². The van der Waals surface area contributed by atoms with Gasteiger partial charge in [-0.25, -0.2) is 8.42 Å². The Hall–Kier alpha value is -1.64. The van der Waals surface area contributed by atoms with E-state index in [-0.39, 0.29) is 39.6 Å². The number of carbonyl (C=O) groups excluding carboxylic acids is 2. The van der Waals surface area contributed by atoms with Gasteiger partial charge in [0.05, 0.1) is 5.02 Å². The third kappa shape index (κ3) is 3.38. The van der Waals surface area contributed by atoms with Crippen LogP contribution in [-0.2, 0) is 19.6 Å². The Balaban J connectivity index is 1.33. The Morgan fingerprint density at radius 1 is 1.13 bits per heavy atom. The maximum absolute atomic E-state index is 13.2. The normalized spacial score (nSPS) is 35.0. The quantitative estimate of drug-likeness (QED) is 0.597. The van der Waals surface area contributed by atoms with Crippen molar-refractivity contribution in [2.24, 2.45) is 28.9 Å². The van der Waals surface area contributed by atoms with E-state index in [0.717, 1.165) is 32.1 Å². The molecule has 5 aliphatic carbocycles. The van der Waals surface area contributed by atoms with Crippen molar-refractivity contribution in [3.05, 3.63) is 28.8 Å². The SMILES string of the molecule is Cc1cccc(Cl)c1S(=O)(=O)NC1(C(=O)NC2C3CC4CC2CC(C(N)=O)(C4)C3)CC1. The van der Waals surface area contributed by atoms with Gasteiger partial charge in [-0.05, 0) is 81.3 Å². The molecule has 4 bridgehead atoms. The smallest absolute Gasteiger partial charge is 0.243 e. The summed E-state index contributed by atoms with van der Waals surface area (Å²) < 4.78 is 28.8. The molecule has 0 radical (unpaired) electrons. The molecule has 0 aliphatic heterocycles. The monoisotopic (exact) mass is 465 g/mol. The van der Waals surface area contributed by atoms with Gasteiger partial charge in [0.15, 0.2) is 0 Å². The van der Waals surface area contributed by atoms with Gasteiger partial charge in [0.25, 0.3) is 0 Å². The molecule has 6 rings (SSSR count). The highest BCUT2D eigenvalue weighted by molar-refractivity contribution is 7.89. The number of benzene rings is 1. The number of aryl methyl sites for hydroxylation is 1. The van der Waals surface area contributed by atoms with E-state index in [2.05, 4.69) is 10.0 Å². The lowest BCUT2D eigenvalue weighted by atomic mass is 9.47. The largest absolute Gasteiger partial charge is 0.369 e. The fraction of sp³-hybridized carbons (Fsp3) is 0.636. The third-order valence-corrected chi connectivity index (χ3v) is 10.2. The molecule has 31 heavy (non-hydrogen) atoms. The molecular weight excluding hydrogens is 438 g/mol. The van der Waals surface area contributed by atoms with Gasteiger partial charge in [0.2, 0.25) is 21.8 Å². The van der Waals surface area contributed by atoms with Crippen molar-refractivity contribution in [2.75, 3.05) is 0 Å². The molecule has 7 nitrogen and oxygen atoms in total. The van der Waals surface area contributed by atoms with E-state index < -0.39 is 21.0 Å². The van der Waals surface area contributed by atoms with E-state index in [1.54, 1.807) is 19.1 Å².